The van der Waals surface area contributed by atoms with E-state index in [0.717, 1.165) is 19.5 Å². The lowest BCUT2D eigenvalue weighted by Gasteiger charge is -2.20. The highest BCUT2D eigenvalue weighted by molar-refractivity contribution is 6.18. The standard InChI is InChI=1S/C11H18ClN3O/c1-3-8-15(9-6-12)11-13-7-5-10(14-11)16-4-2/h5,7H,3-4,6,8-9H2,1-2H3. The molecule has 0 atom stereocenters. The first-order chi connectivity index (χ1) is 7.81. The van der Waals surface area contributed by atoms with Gasteiger partial charge in [0.2, 0.25) is 11.8 Å². The van der Waals surface area contributed by atoms with Gasteiger partial charge in [0.05, 0.1) is 6.61 Å². The van der Waals surface area contributed by atoms with E-state index in [2.05, 4.69) is 21.8 Å². The average Bonchev–Trinajstić information content (AvgIpc) is 2.30. The third-order valence-electron chi connectivity index (χ3n) is 2.04. The number of halogens is 1. The maximum Gasteiger partial charge on any atom is 0.228 e. The molecule has 0 aromatic carbocycles. The molecular formula is C11H18ClN3O. The highest BCUT2D eigenvalue weighted by atomic mass is 35.5. The molecule has 0 spiro atoms. The van der Waals surface area contributed by atoms with E-state index in [9.17, 15) is 0 Å². The summed E-state index contributed by atoms with van der Waals surface area (Å²) in [6, 6.07) is 1.76. The Hall–Kier alpha value is -1.03. The van der Waals surface area contributed by atoms with Gasteiger partial charge in [0.25, 0.3) is 0 Å². The summed E-state index contributed by atoms with van der Waals surface area (Å²) in [5, 5.41) is 0. The molecule has 4 nitrogen and oxygen atoms in total. The molecule has 90 valence electrons. The van der Waals surface area contributed by atoms with Crippen LogP contribution in [0.1, 0.15) is 20.3 Å². The van der Waals surface area contributed by atoms with Crippen molar-refractivity contribution in [3.63, 3.8) is 0 Å². The Morgan fingerprint density at radius 2 is 2.19 bits per heavy atom. The predicted molar refractivity (Wildman–Crippen MR) is 66.4 cm³/mol. The van der Waals surface area contributed by atoms with Crippen LogP contribution in [-0.4, -0.2) is 35.5 Å². The Bertz CT molecular complexity index is 303. The first-order valence-electron chi connectivity index (χ1n) is 5.58. The van der Waals surface area contributed by atoms with Crippen molar-refractivity contribution >= 4 is 17.5 Å². The molecule has 0 bridgehead atoms. The molecule has 5 heteroatoms. The first kappa shape index (κ1) is 13.0. The molecular weight excluding hydrogens is 226 g/mol. The lowest BCUT2D eigenvalue weighted by molar-refractivity contribution is 0.326. The van der Waals surface area contributed by atoms with Gasteiger partial charge < -0.3 is 9.64 Å². The van der Waals surface area contributed by atoms with E-state index in [1.807, 2.05) is 6.92 Å². The number of anilines is 1. The normalized spacial score (nSPS) is 10.2. The second kappa shape index (κ2) is 7.28. The lowest BCUT2D eigenvalue weighted by Crippen LogP contribution is -2.28. The number of alkyl halides is 1. The molecule has 0 aliphatic heterocycles. The molecule has 0 saturated carbocycles. The van der Waals surface area contributed by atoms with Gasteiger partial charge in [-0.2, -0.15) is 4.98 Å². The molecule has 0 radical (unpaired) electrons. The number of nitrogens with zero attached hydrogens (tertiary/aromatic N) is 3. The highest BCUT2D eigenvalue weighted by Gasteiger charge is 2.08. The molecule has 16 heavy (non-hydrogen) atoms. The fourth-order valence-electron chi connectivity index (χ4n) is 1.40. The molecule has 0 aliphatic rings. The Morgan fingerprint density at radius 1 is 1.38 bits per heavy atom. The minimum Gasteiger partial charge on any atom is -0.478 e. The highest BCUT2D eigenvalue weighted by Crippen LogP contribution is 2.13. The lowest BCUT2D eigenvalue weighted by atomic mass is 10.4. The van der Waals surface area contributed by atoms with Gasteiger partial charge in [-0.25, -0.2) is 4.98 Å². The smallest absolute Gasteiger partial charge is 0.228 e. The Balaban J connectivity index is 2.77. The molecule has 0 N–H and O–H groups in total. The van der Waals surface area contributed by atoms with Gasteiger partial charge in [0, 0.05) is 31.2 Å². The molecule has 1 heterocycles. The largest absolute Gasteiger partial charge is 0.478 e. The van der Waals surface area contributed by atoms with Crippen molar-refractivity contribution in [2.24, 2.45) is 0 Å². The molecule has 0 saturated heterocycles. The van der Waals surface area contributed by atoms with E-state index in [4.69, 9.17) is 16.3 Å². The van der Waals surface area contributed by atoms with Crippen LogP contribution in [0.3, 0.4) is 0 Å². The van der Waals surface area contributed by atoms with Crippen molar-refractivity contribution in [1.29, 1.82) is 0 Å². The zero-order valence-corrected chi connectivity index (χ0v) is 10.6. The van der Waals surface area contributed by atoms with Gasteiger partial charge in [-0.15, -0.1) is 11.6 Å². The minimum absolute atomic E-state index is 0.572. The quantitative estimate of drug-likeness (QED) is 0.689. The predicted octanol–water partition coefficient (Wildman–Crippen LogP) is 2.33. The van der Waals surface area contributed by atoms with E-state index < -0.39 is 0 Å². The van der Waals surface area contributed by atoms with Crippen LogP contribution >= 0.6 is 11.6 Å². The van der Waals surface area contributed by atoms with Crippen LogP contribution < -0.4 is 9.64 Å². The van der Waals surface area contributed by atoms with Gasteiger partial charge in [-0.05, 0) is 13.3 Å². The van der Waals surface area contributed by atoms with Crippen LogP contribution in [0.2, 0.25) is 0 Å². The van der Waals surface area contributed by atoms with Crippen molar-refractivity contribution in [2.45, 2.75) is 20.3 Å². The summed E-state index contributed by atoms with van der Waals surface area (Å²) in [5.41, 5.74) is 0. The summed E-state index contributed by atoms with van der Waals surface area (Å²) in [4.78, 5) is 10.6. The summed E-state index contributed by atoms with van der Waals surface area (Å²) in [7, 11) is 0. The maximum absolute atomic E-state index is 5.75. The number of aromatic nitrogens is 2. The summed E-state index contributed by atoms with van der Waals surface area (Å²) in [6.45, 7) is 6.32. The molecule has 1 aromatic rings. The van der Waals surface area contributed by atoms with Crippen molar-refractivity contribution < 1.29 is 4.74 Å². The van der Waals surface area contributed by atoms with E-state index in [-0.39, 0.29) is 0 Å². The topological polar surface area (TPSA) is 38.2 Å². The summed E-state index contributed by atoms with van der Waals surface area (Å²) in [5.74, 6) is 1.87. The Kier molecular flexibility index (Phi) is 5.93. The van der Waals surface area contributed by atoms with Crippen LogP contribution in [0.5, 0.6) is 5.88 Å². The summed E-state index contributed by atoms with van der Waals surface area (Å²) < 4.78 is 5.34. The molecule has 1 aromatic heterocycles. The van der Waals surface area contributed by atoms with E-state index >= 15 is 0 Å². The van der Waals surface area contributed by atoms with Crippen LogP contribution in [0.4, 0.5) is 5.95 Å². The fraction of sp³-hybridized carbons (Fsp3) is 0.636. The van der Waals surface area contributed by atoms with Gasteiger partial charge in [-0.1, -0.05) is 6.92 Å². The first-order valence-corrected chi connectivity index (χ1v) is 6.12. The molecule has 0 unspecified atom stereocenters. The van der Waals surface area contributed by atoms with Crippen LogP contribution in [0.15, 0.2) is 12.3 Å². The Labute approximate surface area is 102 Å². The van der Waals surface area contributed by atoms with Crippen LogP contribution in [-0.2, 0) is 0 Å². The van der Waals surface area contributed by atoms with Crippen molar-refractivity contribution in [1.82, 2.24) is 9.97 Å². The molecule has 1 rings (SSSR count). The fourth-order valence-corrected chi connectivity index (χ4v) is 1.60. The van der Waals surface area contributed by atoms with Crippen molar-refractivity contribution in [2.75, 3.05) is 30.5 Å². The van der Waals surface area contributed by atoms with Gasteiger partial charge >= 0.3 is 0 Å². The van der Waals surface area contributed by atoms with Crippen molar-refractivity contribution in [3.05, 3.63) is 12.3 Å². The number of hydrogen-bond acceptors (Lipinski definition) is 4. The number of hydrogen-bond donors (Lipinski definition) is 0. The maximum atomic E-state index is 5.75. The number of rotatable bonds is 7. The van der Waals surface area contributed by atoms with Crippen LogP contribution in [0, 0.1) is 0 Å². The van der Waals surface area contributed by atoms with Crippen LogP contribution in [0.25, 0.3) is 0 Å². The second-order valence-electron chi connectivity index (χ2n) is 3.30. The average molecular weight is 244 g/mol. The van der Waals surface area contributed by atoms with E-state index in [0.29, 0.717) is 24.3 Å². The van der Waals surface area contributed by atoms with Gasteiger partial charge in [-0.3, -0.25) is 0 Å². The van der Waals surface area contributed by atoms with E-state index in [1.54, 1.807) is 12.3 Å². The molecule has 0 aliphatic carbocycles. The summed E-state index contributed by atoms with van der Waals surface area (Å²) >= 11 is 5.75. The molecule has 0 amide bonds. The summed E-state index contributed by atoms with van der Waals surface area (Å²) in [6.07, 6.45) is 2.75. The van der Waals surface area contributed by atoms with Gasteiger partial charge in [0.1, 0.15) is 0 Å². The SMILES string of the molecule is CCCN(CCCl)c1nccc(OCC)n1. The second-order valence-corrected chi connectivity index (χ2v) is 3.68. The molecule has 0 fully saturated rings. The number of ether oxygens (including phenoxy) is 1. The zero-order valence-electron chi connectivity index (χ0n) is 9.82. The van der Waals surface area contributed by atoms with Gasteiger partial charge in [0.15, 0.2) is 0 Å². The third-order valence-corrected chi connectivity index (χ3v) is 2.21. The van der Waals surface area contributed by atoms with Crippen molar-refractivity contribution in [3.8, 4) is 5.88 Å². The zero-order chi connectivity index (χ0) is 11.8. The monoisotopic (exact) mass is 243 g/mol. The minimum atomic E-state index is 0.572. The Morgan fingerprint density at radius 3 is 2.81 bits per heavy atom. The third kappa shape index (κ3) is 3.85. The van der Waals surface area contributed by atoms with E-state index in [1.165, 1.54) is 0 Å².